The number of carbonyl (C=O) groups is 1. The number of nitrogens with zero attached hydrogens (tertiary/aromatic N) is 9. The summed E-state index contributed by atoms with van der Waals surface area (Å²) < 4.78 is 89.4. The van der Waals surface area contributed by atoms with Gasteiger partial charge in [0.25, 0.3) is 0 Å². The minimum Gasteiger partial charge on any atom is -0.463 e. The third kappa shape index (κ3) is 13.9. The van der Waals surface area contributed by atoms with Gasteiger partial charge in [-0.2, -0.15) is 36.3 Å². The molecule has 2 saturated heterocycles. The van der Waals surface area contributed by atoms with Crippen LogP contribution < -0.4 is 40.5 Å². The Morgan fingerprint density at radius 2 is 1.26 bits per heavy atom. The van der Waals surface area contributed by atoms with Crippen molar-refractivity contribution >= 4 is 63.9 Å². The van der Waals surface area contributed by atoms with E-state index in [-0.39, 0.29) is 46.8 Å². The molecule has 0 radical (unpaired) electrons. The monoisotopic (exact) mass is 1100 g/mol. The number of amides is 2. The molecule has 0 spiro atoms. The quantitative estimate of drug-likeness (QED) is 0.0764. The molecule has 0 saturated carbocycles. The fourth-order valence-corrected chi connectivity index (χ4v) is 9.06. The zero-order chi connectivity index (χ0) is 54.7. The number of urea groups is 1. The molecule has 2 fully saturated rings. The molecule has 25 heteroatoms. The Hall–Kier alpha value is -6.95. The van der Waals surface area contributed by atoms with Gasteiger partial charge in [-0.05, 0) is 89.1 Å². The Morgan fingerprint density at radius 1 is 0.724 bits per heavy atom. The first kappa shape index (κ1) is 55.3. The average Bonchev–Trinajstić information content (AvgIpc) is 3.96. The lowest BCUT2D eigenvalue weighted by Gasteiger charge is -2.36. The van der Waals surface area contributed by atoms with Gasteiger partial charge >= 0.3 is 30.4 Å². The highest BCUT2D eigenvalue weighted by atomic mass is 35.5. The lowest BCUT2D eigenvalue weighted by atomic mass is 10.1. The Bertz CT molecular complexity index is 3050. The molecule has 4 aliphatic heterocycles. The molecule has 0 aliphatic carbocycles. The zero-order valence-corrected chi connectivity index (χ0v) is 43.1. The summed E-state index contributed by atoms with van der Waals surface area (Å²) >= 11 is 12.8. The summed E-state index contributed by atoms with van der Waals surface area (Å²) in [6.07, 6.45) is -3.37. The second-order valence-electron chi connectivity index (χ2n) is 19.6. The molecule has 10 rings (SSSR count). The number of fused-ring (bicyclic) bond motifs is 8. The summed E-state index contributed by atoms with van der Waals surface area (Å²) in [6, 6.07) is 16.3. The van der Waals surface area contributed by atoms with E-state index in [2.05, 4.69) is 50.3 Å². The van der Waals surface area contributed by atoms with Crippen molar-refractivity contribution in [2.75, 3.05) is 70.5 Å². The average molecular weight is 1100 g/mol. The lowest BCUT2D eigenvalue weighted by molar-refractivity contribution is -0.138. The molecule has 2 atom stereocenters. The van der Waals surface area contributed by atoms with Gasteiger partial charge < -0.3 is 40.5 Å². The largest absolute Gasteiger partial charge is 0.463 e. The highest BCUT2D eigenvalue weighted by Crippen LogP contribution is 2.45. The third-order valence-corrected chi connectivity index (χ3v) is 13.0. The highest BCUT2D eigenvalue weighted by Gasteiger charge is 2.41. The van der Waals surface area contributed by atoms with Crippen molar-refractivity contribution in [3.05, 3.63) is 106 Å². The van der Waals surface area contributed by atoms with Crippen LogP contribution in [0.25, 0.3) is 22.5 Å². The van der Waals surface area contributed by atoms with Gasteiger partial charge in [0.2, 0.25) is 0 Å². The zero-order valence-electron chi connectivity index (χ0n) is 41.6. The molecule has 17 nitrogen and oxygen atoms in total. The number of rotatable bonds is 11. The van der Waals surface area contributed by atoms with E-state index in [4.69, 9.17) is 38.4 Å². The van der Waals surface area contributed by atoms with E-state index in [1.807, 2.05) is 0 Å². The molecule has 8 heterocycles. The standard InChI is InChI=1S/C26H26ClF3N6O3.C16H13ClF3N3.C9H15N3O2/c1-25(2,38)8-11-39-23-31-9-6-20(32-23)33-24(37)36-17-7-10-35(14-17)19-13-18(27)21(34-22(19)36)15-4-3-5-16(12-15)26(28,29)30;17-12-7-13-15(21-11-4-5-23(13)8-11)22-14(12)9-2-1-3-10(6-9)16(18,19)20;1-9(2,13)4-6-14-8-11-5-3-7(10)12-8/h3-6,9,12-13,17,38H,7-8,10-11,14H2,1-2H3,(H,31,32,33,37);1-3,6-7,11H,4-5,8H2,(H,21,22);3,5,13H,4,6H2,1-2H3,(H2,10,11,12)/t17-;11-;/m00./s1. The van der Waals surface area contributed by atoms with Crippen LogP contribution in [0.15, 0.2) is 85.2 Å². The van der Waals surface area contributed by atoms with E-state index < -0.39 is 40.7 Å². The van der Waals surface area contributed by atoms with Gasteiger partial charge in [-0.25, -0.2) is 24.7 Å². The van der Waals surface area contributed by atoms with Crippen LogP contribution in [0.3, 0.4) is 0 Å². The first-order valence-electron chi connectivity index (χ1n) is 24.0. The molecule has 6 N–H and O–H groups in total. The van der Waals surface area contributed by atoms with E-state index in [9.17, 15) is 41.4 Å². The summed E-state index contributed by atoms with van der Waals surface area (Å²) in [5, 5.41) is 25.9. The van der Waals surface area contributed by atoms with E-state index in [0.717, 1.165) is 49.5 Å². The number of anilines is 6. The molecule has 4 aromatic heterocycles. The van der Waals surface area contributed by atoms with Gasteiger partial charge in [0.1, 0.15) is 11.6 Å². The van der Waals surface area contributed by atoms with Crippen LogP contribution in [-0.4, -0.2) is 109 Å². The number of pyridine rings is 2. The number of halogens is 8. The van der Waals surface area contributed by atoms with E-state index >= 15 is 0 Å². The number of nitrogens with one attached hydrogen (secondary N) is 2. The van der Waals surface area contributed by atoms with E-state index in [1.54, 1.807) is 52.0 Å². The predicted octanol–water partition coefficient (Wildman–Crippen LogP) is 10.4. The Labute approximate surface area is 443 Å². The highest BCUT2D eigenvalue weighted by molar-refractivity contribution is 6.34. The fraction of sp³-hybridized carbons (Fsp3) is 0.392. The number of hydrogen-bond donors (Lipinski definition) is 5. The fourth-order valence-electron chi connectivity index (χ4n) is 8.55. The number of aliphatic hydroxyl groups is 2. The van der Waals surface area contributed by atoms with E-state index in [0.29, 0.717) is 84.4 Å². The summed E-state index contributed by atoms with van der Waals surface area (Å²) in [6.45, 7) is 10.4. The molecule has 4 aliphatic rings. The molecule has 4 bridgehead atoms. The minimum atomic E-state index is -4.53. The van der Waals surface area contributed by atoms with Crippen molar-refractivity contribution in [2.45, 2.75) is 89.0 Å². The second kappa shape index (κ2) is 22.3. The molecular formula is C51H54Cl2F6N12O5. The van der Waals surface area contributed by atoms with Crippen LogP contribution in [0, 0.1) is 0 Å². The maximum Gasteiger partial charge on any atom is 0.416 e. The Balaban J connectivity index is 0.000000173. The summed E-state index contributed by atoms with van der Waals surface area (Å²) in [5.74, 6) is 1.56. The van der Waals surface area contributed by atoms with Crippen molar-refractivity contribution in [1.29, 1.82) is 0 Å². The van der Waals surface area contributed by atoms with Gasteiger partial charge in [0.05, 0.1) is 74.4 Å². The van der Waals surface area contributed by atoms with Crippen LogP contribution in [0.1, 0.15) is 64.5 Å². The molecular weight excluding hydrogens is 1050 g/mol. The summed E-state index contributed by atoms with van der Waals surface area (Å²) in [7, 11) is 0. The third-order valence-electron chi connectivity index (χ3n) is 12.4. The number of nitrogen functional groups attached to an aromatic ring is 1. The molecule has 404 valence electrons. The molecule has 2 amide bonds. The van der Waals surface area contributed by atoms with Crippen LogP contribution in [0.5, 0.6) is 12.0 Å². The number of nitrogens with two attached hydrogens (primary N) is 1. The van der Waals surface area contributed by atoms with Gasteiger partial charge in [-0.1, -0.05) is 47.5 Å². The number of alkyl halides is 6. The van der Waals surface area contributed by atoms with Crippen molar-refractivity contribution in [3.8, 4) is 34.5 Å². The van der Waals surface area contributed by atoms with Crippen LogP contribution in [-0.2, 0) is 12.4 Å². The Kier molecular flexibility index (Phi) is 16.2. The normalized spacial score (nSPS) is 16.6. The van der Waals surface area contributed by atoms with Crippen molar-refractivity contribution in [1.82, 2.24) is 29.9 Å². The second-order valence-corrected chi connectivity index (χ2v) is 20.4. The van der Waals surface area contributed by atoms with Gasteiger partial charge in [0, 0.05) is 68.6 Å². The van der Waals surface area contributed by atoms with Gasteiger partial charge in [-0.3, -0.25) is 10.2 Å². The van der Waals surface area contributed by atoms with Gasteiger partial charge in [0.15, 0.2) is 11.6 Å². The molecule has 6 aromatic rings. The smallest absolute Gasteiger partial charge is 0.416 e. The van der Waals surface area contributed by atoms with Crippen LogP contribution >= 0.6 is 23.2 Å². The topological polar surface area (TPSA) is 213 Å². The molecule has 0 unspecified atom stereocenters. The van der Waals surface area contributed by atoms with Gasteiger partial charge in [-0.15, -0.1) is 0 Å². The number of hydrogen-bond acceptors (Lipinski definition) is 15. The number of ether oxygens (including phenoxy) is 2. The SMILES string of the molecule is CC(C)(O)CCOc1nccc(N)n1.CC(C)(O)CCOc1nccc(NC(=O)N2c3nc(-c4cccc(C(F)(F)F)c4)c(Cl)cc3N3CC[C@H]2C3)n1.FC(F)(F)c1cccc(-c2nc3c(cc2Cl)N2CC[C@@H](C2)N3)c1. The summed E-state index contributed by atoms with van der Waals surface area (Å²) in [4.78, 5) is 44.4. The van der Waals surface area contributed by atoms with Crippen molar-refractivity contribution < 1.29 is 50.8 Å². The first-order valence-corrected chi connectivity index (χ1v) is 24.8. The number of benzene rings is 2. The van der Waals surface area contributed by atoms with Crippen molar-refractivity contribution in [3.63, 3.8) is 0 Å². The van der Waals surface area contributed by atoms with Crippen LogP contribution in [0.2, 0.25) is 10.0 Å². The first-order chi connectivity index (χ1) is 35.8. The maximum atomic E-state index is 13.5. The molecule has 76 heavy (non-hydrogen) atoms. The van der Waals surface area contributed by atoms with Crippen LogP contribution in [0.4, 0.5) is 65.8 Å². The maximum absolute atomic E-state index is 13.5. The lowest BCUT2D eigenvalue weighted by Crippen LogP contribution is -2.48. The number of aromatic nitrogens is 6. The minimum absolute atomic E-state index is 0.0416. The molecule has 2 aromatic carbocycles. The van der Waals surface area contributed by atoms with Crippen molar-refractivity contribution in [2.24, 2.45) is 0 Å². The summed E-state index contributed by atoms with van der Waals surface area (Å²) in [5.41, 5.74) is 4.87. The van der Waals surface area contributed by atoms with E-state index in [1.165, 1.54) is 41.6 Å². The Morgan fingerprint density at radius 3 is 1.84 bits per heavy atom. The predicted molar refractivity (Wildman–Crippen MR) is 277 cm³/mol. The number of carbonyl (C=O) groups excluding carboxylic acids is 1.